The van der Waals surface area contributed by atoms with E-state index in [1.54, 1.807) is 11.3 Å². The van der Waals surface area contributed by atoms with Gasteiger partial charge >= 0.3 is 0 Å². The van der Waals surface area contributed by atoms with Crippen LogP contribution in [0.5, 0.6) is 0 Å². The number of nitrogens with one attached hydrogen (secondary N) is 1. The van der Waals surface area contributed by atoms with Gasteiger partial charge in [-0.2, -0.15) is 11.3 Å². The van der Waals surface area contributed by atoms with Crippen LogP contribution in [0.15, 0.2) is 45.6 Å². The van der Waals surface area contributed by atoms with Gasteiger partial charge in [0.1, 0.15) is 0 Å². The van der Waals surface area contributed by atoms with Crippen molar-refractivity contribution >= 4 is 49.1 Å². The summed E-state index contributed by atoms with van der Waals surface area (Å²) in [6, 6.07) is 11.0. The third-order valence-electron chi connectivity index (χ3n) is 5.95. The summed E-state index contributed by atoms with van der Waals surface area (Å²) in [5.74, 6) is 0. The van der Waals surface area contributed by atoms with E-state index in [4.69, 9.17) is 16.5 Å². The molecule has 5 rings (SSSR count). The number of aromatic amines is 1. The first-order valence-corrected chi connectivity index (χ1v) is 11.4. The zero-order valence-corrected chi connectivity index (χ0v) is 17.9. The summed E-state index contributed by atoms with van der Waals surface area (Å²) in [7, 11) is 0. The van der Waals surface area contributed by atoms with Crippen molar-refractivity contribution in [2.24, 2.45) is 11.5 Å². The highest BCUT2D eigenvalue weighted by Crippen LogP contribution is 2.40. The summed E-state index contributed by atoms with van der Waals surface area (Å²) in [6.45, 7) is 0. The van der Waals surface area contributed by atoms with E-state index < -0.39 is 5.54 Å². The third-order valence-corrected chi connectivity index (χ3v) is 7.18. The Morgan fingerprint density at radius 3 is 2.75 bits per heavy atom. The maximum atomic E-state index is 6.99. The van der Waals surface area contributed by atoms with Crippen molar-refractivity contribution in [2.45, 2.75) is 43.7 Å². The van der Waals surface area contributed by atoms with Gasteiger partial charge in [0.25, 0.3) is 0 Å². The first-order valence-electron chi connectivity index (χ1n) is 9.69. The largest absolute Gasteiger partial charge is 0.354 e. The molecule has 3 aromatic heterocycles. The number of nitrogens with two attached hydrogens (primary N) is 2. The highest BCUT2D eigenvalue weighted by Gasteiger charge is 2.36. The summed E-state index contributed by atoms with van der Waals surface area (Å²) in [5.41, 5.74) is 18.3. The summed E-state index contributed by atoms with van der Waals surface area (Å²) >= 11 is 5.30. The number of fused-ring (bicyclic) bond motifs is 3. The maximum absolute atomic E-state index is 6.99. The molecule has 0 atom stereocenters. The molecule has 0 saturated heterocycles. The summed E-state index contributed by atoms with van der Waals surface area (Å²) in [6.07, 6.45) is 4.47. The number of thiophene rings is 1. The van der Waals surface area contributed by atoms with Crippen molar-refractivity contribution in [1.29, 1.82) is 0 Å². The van der Waals surface area contributed by atoms with Gasteiger partial charge in [-0.05, 0) is 66.3 Å². The number of hydrogen-bond acceptors (Lipinski definition) is 4. The van der Waals surface area contributed by atoms with Crippen molar-refractivity contribution < 1.29 is 0 Å². The van der Waals surface area contributed by atoms with Gasteiger partial charge < -0.3 is 16.5 Å². The molecular formula is C22H23BrN4S. The van der Waals surface area contributed by atoms with Gasteiger partial charge in [0.2, 0.25) is 0 Å². The standard InChI is InChI=1S/C22H23BrN4S/c23-14-1-2-17-18(10-14)27-19-11-16(9-13-5-8-28-12-13)26-21(20(17)19)22(25)6-3-15(24)4-7-22/h1-2,5,8,10-12,15,27H,3-4,6-7,9,24-25H2. The molecule has 28 heavy (non-hydrogen) atoms. The molecule has 4 aromatic rings. The monoisotopic (exact) mass is 454 g/mol. The predicted molar refractivity (Wildman–Crippen MR) is 121 cm³/mol. The van der Waals surface area contributed by atoms with Gasteiger partial charge in [-0.15, -0.1) is 0 Å². The number of halogens is 1. The van der Waals surface area contributed by atoms with E-state index in [2.05, 4.69) is 62.0 Å². The second kappa shape index (κ2) is 6.95. The number of nitrogens with zero attached hydrogens (tertiary/aromatic N) is 1. The molecule has 1 saturated carbocycles. The third kappa shape index (κ3) is 3.18. The molecular weight excluding hydrogens is 432 g/mol. The number of benzene rings is 1. The molecule has 1 aliphatic rings. The van der Waals surface area contributed by atoms with Gasteiger partial charge in [0, 0.05) is 38.9 Å². The minimum atomic E-state index is -0.430. The minimum Gasteiger partial charge on any atom is -0.354 e. The topological polar surface area (TPSA) is 80.7 Å². The van der Waals surface area contributed by atoms with Crippen LogP contribution in [-0.4, -0.2) is 16.0 Å². The molecule has 0 radical (unpaired) electrons. The maximum Gasteiger partial charge on any atom is 0.0705 e. The number of H-pyrrole nitrogens is 1. The SMILES string of the molecule is NC1CCC(N)(c2nc(Cc3ccsc3)cc3[nH]c4cc(Br)ccc4c23)CC1. The average Bonchev–Trinajstić information content (AvgIpc) is 3.30. The van der Waals surface area contributed by atoms with E-state index in [1.807, 2.05) is 0 Å². The summed E-state index contributed by atoms with van der Waals surface area (Å²) in [4.78, 5) is 8.74. The first-order chi connectivity index (χ1) is 13.5. The Balaban J connectivity index is 1.73. The molecule has 6 heteroatoms. The predicted octanol–water partition coefficient (Wildman–Crippen LogP) is 5.19. The van der Waals surface area contributed by atoms with Crippen molar-refractivity contribution in [2.75, 3.05) is 0 Å². The van der Waals surface area contributed by atoms with Crippen LogP contribution < -0.4 is 11.5 Å². The molecule has 1 fully saturated rings. The number of hydrogen-bond donors (Lipinski definition) is 3. The molecule has 0 bridgehead atoms. The normalized spacial score (nSPS) is 22.9. The number of aromatic nitrogens is 2. The highest BCUT2D eigenvalue weighted by molar-refractivity contribution is 9.10. The van der Waals surface area contributed by atoms with Crippen molar-refractivity contribution in [3.05, 3.63) is 62.5 Å². The molecule has 0 spiro atoms. The van der Waals surface area contributed by atoms with Gasteiger partial charge in [0.15, 0.2) is 0 Å². The Morgan fingerprint density at radius 1 is 1.18 bits per heavy atom. The van der Waals surface area contributed by atoms with Crippen LogP contribution in [-0.2, 0) is 12.0 Å². The first kappa shape index (κ1) is 18.3. The van der Waals surface area contributed by atoms with E-state index in [9.17, 15) is 0 Å². The minimum absolute atomic E-state index is 0.250. The van der Waals surface area contributed by atoms with Crippen LogP contribution in [0, 0.1) is 0 Å². The Morgan fingerprint density at radius 2 is 2.00 bits per heavy atom. The van der Waals surface area contributed by atoms with Crippen molar-refractivity contribution in [1.82, 2.24) is 9.97 Å². The lowest BCUT2D eigenvalue weighted by Gasteiger charge is -2.36. The van der Waals surface area contributed by atoms with Gasteiger partial charge in [-0.1, -0.05) is 22.0 Å². The molecule has 144 valence electrons. The molecule has 0 unspecified atom stereocenters. The molecule has 1 aromatic carbocycles. The van der Waals surface area contributed by atoms with Crippen LogP contribution in [0.3, 0.4) is 0 Å². The summed E-state index contributed by atoms with van der Waals surface area (Å²) in [5, 5.41) is 6.64. The lowest BCUT2D eigenvalue weighted by Crippen LogP contribution is -2.44. The van der Waals surface area contributed by atoms with Crippen LogP contribution in [0.1, 0.15) is 42.6 Å². The van der Waals surface area contributed by atoms with Crippen LogP contribution in [0.2, 0.25) is 0 Å². The lowest BCUT2D eigenvalue weighted by atomic mass is 9.77. The van der Waals surface area contributed by atoms with Crippen molar-refractivity contribution in [3.8, 4) is 0 Å². The Kier molecular flexibility index (Phi) is 4.55. The molecule has 4 nitrogen and oxygen atoms in total. The lowest BCUT2D eigenvalue weighted by molar-refractivity contribution is 0.273. The molecule has 0 aliphatic heterocycles. The number of rotatable bonds is 3. The Labute approximate surface area is 176 Å². The second-order valence-corrected chi connectivity index (χ2v) is 9.70. The number of pyridine rings is 1. The fourth-order valence-corrected chi connectivity index (χ4v) is 5.43. The van der Waals surface area contributed by atoms with Crippen molar-refractivity contribution in [3.63, 3.8) is 0 Å². The van der Waals surface area contributed by atoms with Crippen LogP contribution in [0.25, 0.3) is 21.8 Å². The smallest absolute Gasteiger partial charge is 0.0705 e. The fraction of sp³-hybridized carbons (Fsp3) is 0.318. The fourth-order valence-electron chi connectivity index (χ4n) is 4.40. The molecule has 3 heterocycles. The zero-order valence-electron chi connectivity index (χ0n) is 15.5. The molecule has 5 N–H and O–H groups in total. The van der Waals surface area contributed by atoms with Gasteiger partial charge in [-0.3, -0.25) is 4.98 Å². The second-order valence-electron chi connectivity index (χ2n) is 8.00. The van der Waals surface area contributed by atoms with Gasteiger partial charge in [0.05, 0.1) is 16.7 Å². The van der Waals surface area contributed by atoms with E-state index in [0.29, 0.717) is 0 Å². The van der Waals surface area contributed by atoms with E-state index in [0.717, 1.165) is 64.4 Å². The quantitative estimate of drug-likeness (QED) is 0.398. The van der Waals surface area contributed by atoms with Gasteiger partial charge in [-0.25, -0.2) is 0 Å². The highest BCUT2D eigenvalue weighted by atomic mass is 79.9. The van der Waals surface area contributed by atoms with E-state index >= 15 is 0 Å². The van der Waals surface area contributed by atoms with Crippen LogP contribution >= 0.6 is 27.3 Å². The zero-order chi connectivity index (χ0) is 19.3. The molecule has 1 aliphatic carbocycles. The Bertz CT molecular complexity index is 1140. The van der Waals surface area contributed by atoms with E-state index in [1.165, 1.54) is 10.9 Å². The molecule has 0 amide bonds. The van der Waals surface area contributed by atoms with Crippen LogP contribution in [0.4, 0.5) is 0 Å². The summed E-state index contributed by atoms with van der Waals surface area (Å²) < 4.78 is 1.06. The van der Waals surface area contributed by atoms with E-state index in [-0.39, 0.29) is 6.04 Å². The Hall–Kier alpha value is -1.73. The average molecular weight is 455 g/mol.